The van der Waals surface area contributed by atoms with Gasteiger partial charge in [-0.1, -0.05) is 11.6 Å². The summed E-state index contributed by atoms with van der Waals surface area (Å²) in [6.07, 6.45) is 1.20. The lowest BCUT2D eigenvalue weighted by Gasteiger charge is -2.22. The van der Waals surface area contributed by atoms with Crippen molar-refractivity contribution in [1.29, 1.82) is 0 Å². The van der Waals surface area contributed by atoms with Gasteiger partial charge in [0.1, 0.15) is 6.04 Å². The average molecular weight is 312 g/mol. The van der Waals surface area contributed by atoms with Gasteiger partial charge in [0.25, 0.3) is 0 Å². The summed E-state index contributed by atoms with van der Waals surface area (Å²) in [5.74, 6) is -1.69. The highest BCUT2D eigenvalue weighted by Crippen LogP contribution is 2.25. The van der Waals surface area contributed by atoms with Crippen LogP contribution in [0.25, 0.3) is 0 Å². The maximum atomic E-state index is 12.2. The van der Waals surface area contributed by atoms with Crippen molar-refractivity contribution in [2.75, 3.05) is 11.9 Å². The molecule has 1 unspecified atom stereocenters. The Morgan fingerprint density at radius 3 is 2.71 bits per heavy atom. The number of hydrogen-bond acceptors (Lipinski definition) is 3. The van der Waals surface area contributed by atoms with Crippen molar-refractivity contribution < 1.29 is 19.5 Å². The third-order valence-electron chi connectivity index (χ3n) is 3.30. The molecular weight excluding hydrogens is 298 g/mol. The molecule has 3 amide bonds. The Bertz CT molecular complexity index is 605. The van der Waals surface area contributed by atoms with Gasteiger partial charge in [-0.3, -0.25) is 4.79 Å². The van der Waals surface area contributed by atoms with Crippen molar-refractivity contribution in [3.8, 4) is 0 Å². The van der Waals surface area contributed by atoms with Crippen molar-refractivity contribution >= 4 is 35.2 Å². The number of nitrogens with two attached hydrogens (primary N) is 1. The number of benzene rings is 1. The molecule has 4 N–H and O–H groups in total. The molecule has 1 aliphatic rings. The predicted molar refractivity (Wildman–Crippen MR) is 76.4 cm³/mol. The molecule has 1 aromatic rings. The molecule has 8 heteroatoms. The zero-order chi connectivity index (χ0) is 15.6. The summed E-state index contributed by atoms with van der Waals surface area (Å²) in [6, 6.07) is 2.81. The quantitative estimate of drug-likeness (QED) is 0.785. The third kappa shape index (κ3) is 3.25. The number of rotatable bonds is 3. The number of carbonyl (C=O) groups excluding carboxylic acids is 2. The molecule has 1 aromatic carbocycles. The minimum absolute atomic E-state index is 0.00238. The maximum Gasteiger partial charge on any atom is 0.335 e. The number of aromatic carboxylic acids is 1. The summed E-state index contributed by atoms with van der Waals surface area (Å²) >= 11 is 5.93. The number of amides is 3. The van der Waals surface area contributed by atoms with Gasteiger partial charge in [-0.05, 0) is 31.0 Å². The first-order valence-electron chi connectivity index (χ1n) is 6.30. The molecule has 0 aromatic heterocycles. The fraction of sp³-hybridized carbons (Fsp3) is 0.308. The average Bonchev–Trinajstić information content (AvgIpc) is 2.90. The number of primary amides is 1. The van der Waals surface area contributed by atoms with Crippen LogP contribution in [0.3, 0.4) is 0 Å². The highest BCUT2D eigenvalue weighted by molar-refractivity contribution is 6.33. The number of likely N-dealkylation sites (tertiary alicyclic amines) is 1. The van der Waals surface area contributed by atoms with Crippen LogP contribution in [0.1, 0.15) is 23.2 Å². The zero-order valence-electron chi connectivity index (χ0n) is 11.0. The molecule has 0 aliphatic carbocycles. The van der Waals surface area contributed by atoms with Gasteiger partial charge in [-0.15, -0.1) is 0 Å². The van der Waals surface area contributed by atoms with Crippen LogP contribution in [-0.4, -0.2) is 40.5 Å². The monoisotopic (exact) mass is 311 g/mol. The van der Waals surface area contributed by atoms with E-state index in [9.17, 15) is 14.4 Å². The smallest absolute Gasteiger partial charge is 0.335 e. The molecule has 1 atom stereocenters. The Morgan fingerprint density at radius 1 is 1.38 bits per heavy atom. The largest absolute Gasteiger partial charge is 0.478 e. The van der Waals surface area contributed by atoms with Gasteiger partial charge in [0.15, 0.2) is 0 Å². The minimum atomic E-state index is -1.13. The van der Waals surface area contributed by atoms with E-state index in [0.717, 1.165) is 0 Å². The van der Waals surface area contributed by atoms with Crippen LogP contribution in [0.15, 0.2) is 18.2 Å². The Labute approximate surface area is 125 Å². The van der Waals surface area contributed by atoms with E-state index in [1.807, 2.05) is 0 Å². The number of halogens is 1. The van der Waals surface area contributed by atoms with Gasteiger partial charge in [0.2, 0.25) is 5.91 Å². The van der Waals surface area contributed by atoms with Gasteiger partial charge in [-0.25, -0.2) is 9.59 Å². The van der Waals surface area contributed by atoms with Crippen molar-refractivity contribution in [2.24, 2.45) is 5.73 Å². The molecular formula is C13H14ClN3O4. The van der Waals surface area contributed by atoms with Crippen LogP contribution in [0.5, 0.6) is 0 Å². The highest BCUT2D eigenvalue weighted by Gasteiger charge is 2.32. The molecule has 0 spiro atoms. The van der Waals surface area contributed by atoms with Crippen molar-refractivity contribution in [2.45, 2.75) is 18.9 Å². The second-order valence-corrected chi connectivity index (χ2v) is 5.09. The molecule has 21 heavy (non-hydrogen) atoms. The van der Waals surface area contributed by atoms with E-state index >= 15 is 0 Å². The summed E-state index contributed by atoms with van der Waals surface area (Å²) in [4.78, 5) is 35.7. The van der Waals surface area contributed by atoms with E-state index in [1.54, 1.807) is 0 Å². The molecule has 0 radical (unpaired) electrons. The molecule has 0 saturated carbocycles. The summed E-state index contributed by atoms with van der Waals surface area (Å²) in [6.45, 7) is 0.412. The third-order valence-corrected chi connectivity index (χ3v) is 3.63. The molecule has 7 nitrogen and oxygen atoms in total. The molecule has 0 bridgehead atoms. The van der Waals surface area contributed by atoms with Crippen molar-refractivity contribution in [3.63, 3.8) is 0 Å². The fourth-order valence-electron chi connectivity index (χ4n) is 2.25. The zero-order valence-corrected chi connectivity index (χ0v) is 11.8. The summed E-state index contributed by atoms with van der Waals surface area (Å²) in [7, 11) is 0. The fourth-order valence-corrected chi connectivity index (χ4v) is 2.41. The Hall–Kier alpha value is -2.28. The first kappa shape index (κ1) is 15.1. The van der Waals surface area contributed by atoms with Crippen LogP contribution >= 0.6 is 11.6 Å². The number of urea groups is 1. The van der Waals surface area contributed by atoms with E-state index in [-0.39, 0.29) is 16.3 Å². The van der Waals surface area contributed by atoms with Gasteiger partial charge < -0.3 is 21.1 Å². The second-order valence-electron chi connectivity index (χ2n) is 4.68. The van der Waals surface area contributed by atoms with E-state index in [1.165, 1.54) is 23.1 Å². The van der Waals surface area contributed by atoms with E-state index in [4.69, 9.17) is 22.4 Å². The van der Waals surface area contributed by atoms with Crippen LogP contribution in [0.2, 0.25) is 5.02 Å². The summed E-state index contributed by atoms with van der Waals surface area (Å²) < 4.78 is 0. The van der Waals surface area contributed by atoms with E-state index in [0.29, 0.717) is 19.4 Å². The number of nitrogens with one attached hydrogen (secondary N) is 1. The van der Waals surface area contributed by atoms with Crippen molar-refractivity contribution in [1.82, 2.24) is 4.90 Å². The first-order valence-corrected chi connectivity index (χ1v) is 6.67. The number of carboxylic acids is 1. The number of carboxylic acid groups (broad SMARTS) is 1. The van der Waals surface area contributed by atoms with Gasteiger partial charge in [-0.2, -0.15) is 0 Å². The lowest BCUT2D eigenvalue weighted by atomic mass is 10.2. The topological polar surface area (TPSA) is 113 Å². The highest BCUT2D eigenvalue weighted by atomic mass is 35.5. The Morgan fingerprint density at radius 2 is 2.10 bits per heavy atom. The van der Waals surface area contributed by atoms with E-state index in [2.05, 4.69) is 5.32 Å². The predicted octanol–water partition coefficient (Wildman–Crippen LogP) is 1.52. The lowest BCUT2D eigenvalue weighted by Crippen LogP contribution is -2.45. The molecule has 112 valence electrons. The van der Waals surface area contributed by atoms with Crippen molar-refractivity contribution in [3.05, 3.63) is 28.8 Å². The van der Waals surface area contributed by atoms with Gasteiger partial charge >= 0.3 is 12.0 Å². The van der Waals surface area contributed by atoms with Crippen LogP contribution < -0.4 is 11.1 Å². The first-order chi connectivity index (χ1) is 9.90. The van der Waals surface area contributed by atoms with Gasteiger partial charge in [0, 0.05) is 6.54 Å². The standard InChI is InChI=1S/C13H14ClN3O4/c14-8-4-3-7(12(19)20)6-9(8)16-13(21)17-5-1-2-10(17)11(15)18/h3-4,6,10H,1-2,5H2,(H2,15,18)(H,16,21)(H,19,20). The molecule has 1 fully saturated rings. The Kier molecular flexibility index (Phi) is 4.32. The summed E-state index contributed by atoms with van der Waals surface area (Å²) in [5, 5.41) is 11.7. The minimum Gasteiger partial charge on any atom is -0.478 e. The number of carbonyl (C=O) groups is 3. The SMILES string of the molecule is NC(=O)C1CCCN1C(=O)Nc1cc(C(=O)O)ccc1Cl. The number of hydrogen-bond donors (Lipinski definition) is 3. The van der Waals surface area contributed by atoms with Gasteiger partial charge in [0.05, 0.1) is 16.3 Å². The number of nitrogens with zero attached hydrogens (tertiary/aromatic N) is 1. The molecule has 2 rings (SSSR count). The summed E-state index contributed by atoms with van der Waals surface area (Å²) in [5.41, 5.74) is 5.43. The normalized spacial score (nSPS) is 17.6. The second kappa shape index (κ2) is 6.01. The number of anilines is 1. The molecule has 1 aliphatic heterocycles. The van der Waals surface area contributed by atoms with Crippen LogP contribution in [0, 0.1) is 0 Å². The maximum absolute atomic E-state index is 12.2. The molecule has 1 heterocycles. The van der Waals surface area contributed by atoms with Crippen LogP contribution in [-0.2, 0) is 4.79 Å². The van der Waals surface area contributed by atoms with E-state index < -0.39 is 23.9 Å². The lowest BCUT2D eigenvalue weighted by molar-refractivity contribution is -0.121. The Balaban J connectivity index is 2.18. The molecule has 1 saturated heterocycles. The van der Waals surface area contributed by atoms with Crippen LogP contribution in [0.4, 0.5) is 10.5 Å².